The van der Waals surface area contributed by atoms with Crippen LogP contribution in [0.2, 0.25) is 0 Å². The summed E-state index contributed by atoms with van der Waals surface area (Å²) in [4.78, 5) is 11.7. The van der Waals surface area contributed by atoms with Gasteiger partial charge < -0.3 is 15.1 Å². The zero-order valence-electron chi connectivity index (χ0n) is 9.19. The summed E-state index contributed by atoms with van der Waals surface area (Å²) in [5.74, 6) is -0.825. The number of aliphatic carboxylic acids is 1. The van der Waals surface area contributed by atoms with Crippen molar-refractivity contribution in [3.05, 3.63) is 29.3 Å². The summed E-state index contributed by atoms with van der Waals surface area (Å²) in [5, 5.41) is 13.7. The van der Waals surface area contributed by atoms with Crippen LogP contribution in [0.1, 0.15) is 6.42 Å². The zero-order valence-corrected chi connectivity index (χ0v) is 10.8. The molecule has 1 heterocycles. The van der Waals surface area contributed by atoms with Crippen molar-refractivity contribution in [2.45, 2.75) is 11.3 Å². The number of rotatable bonds is 4. The van der Waals surface area contributed by atoms with E-state index >= 15 is 0 Å². The van der Waals surface area contributed by atoms with Crippen LogP contribution in [0.25, 0.3) is 0 Å². The first kappa shape index (κ1) is 12.2. The Bertz CT molecular complexity index is 475. The number of carboxylic acids is 1. The van der Waals surface area contributed by atoms with Crippen LogP contribution in [0.5, 0.6) is 0 Å². The third kappa shape index (κ3) is 3.10. The predicted molar refractivity (Wildman–Crippen MR) is 73.4 cm³/mol. The Morgan fingerprint density at radius 1 is 1.59 bits per heavy atom. The van der Waals surface area contributed by atoms with E-state index in [1.54, 1.807) is 23.7 Å². The second kappa shape index (κ2) is 5.37. The molecule has 1 aromatic carbocycles. The van der Waals surface area contributed by atoms with Gasteiger partial charge in [-0.15, -0.1) is 0 Å². The van der Waals surface area contributed by atoms with Gasteiger partial charge in [-0.2, -0.15) is 0 Å². The molecule has 1 aliphatic rings. The van der Waals surface area contributed by atoms with Crippen LogP contribution >= 0.6 is 23.7 Å². The van der Waals surface area contributed by atoms with E-state index in [1.807, 2.05) is 29.9 Å². The summed E-state index contributed by atoms with van der Waals surface area (Å²) in [7, 11) is 0. The van der Waals surface area contributed by atoms with Crippen molar-refractivity contribution in [2.24, 2.45) is 0 Å². The molecule has 0 aliphatic carbocycles. The van der Waals surface area contributed by atoms with E-state index in [4.69, 9.17) is 5.11 Å². The van der Waals surface area contributed by atoms with Crippen LogP contribution in [0.3, 0.4) is 0 Å². The maximum absolute atomic E-state index is 10.6. The Labute approximate surface area is 108 Å². The van der Waals surface area contributed by atoms with Crippen molar-refractivity contribution in [3.63, 3.8) is 0 Å². The van der Waals surface area contributed by atoms with Gasteiger partial charge in [0.15, 0.2) is 0 Å². The molecule has 0 radical (unpaired) electrons. The SMILES string of the molecule is CSNc1ccc2c(c1)SC=C(CC(=O)O)N2. The van der Waals surface area contributed by atoms with Crippen LogP contribution < -0.4 is 10.0 Å². The second-order valence-electron chi connectivity index (χ2n) is 3.47. The first-order chi connectivity index (χ1) is 8.19. The van der Waals surface area contributed by atoms with E-state index in [0.717, 1.165) is 22.0 Å². The maximum atomic E-state index is 10.6. The first-order valence-electron chi connectivity index (χ1n) is 4.96. The lowest BCUT2D eigenvalue weighted by Crippen LogP contribution is -2.08. The molecule has 0 spiro atoms. The molecule has 0 unspecified atom stereocenters. The van der Waals surface area contributed by atoms with Gasteiger partial charge in [0.1, 0.15) is 0 Å². The fraction of sp³-hybridized carbons (Fsp3) is 0.182. The minimum atomic E-state index is -0.825. The van der Waals surface area contributed by atoms with Gasteiger partial charge in [-0.05, 0) is 23.6 Å². The molecule has 2 rings (SSSR count). The van der Waals surface area contributed by atoms with Crippen molar-refractivity contribution >= 4 is 41.1 Å². The molecule has 17 heavy (non-hydrogen) atoms. The highest BCUT2D eigenvalue weighted by atomic mass is 32.2. The van der Waals surface area contributed by atoms with Crippen molar-refractivity contribution in [1.29, 1.82) is 0 Å². The molecule has 0 fully saturated rings. The van der Waals surface area contributed by atoms with E-state index in [2.05, 4.69) is 10.0 Å². The van der Waals surface area contributed by atoms with E-state index in [0.29, 0.717) is 0 Å². The Kier molecular flexibility index (Phi) is 3.86. The van der Waals surface area contributed by atoms with E-state index < -0.39 is 5.97 Å². The van der Waals surface area contributed by atoms with Crippen LogP contribution in [0, 0.1) is 0 Å². The summed E-state index contributed by atoms with van der Waals surface area (Å²) in [6.45, 7) is 0. The first-order valence-corrected chi connectivity index (χ1v) is 7.07. The summed E-state index contributed by atoms with van der Waals surface area (Å²) in [6, 6.07) is 5.96. The molecule has 1 aliphatic heterocycles. The van der Waals surface area contributed by atoms with Crippen molar-refractivity contribution < 1.29 is 9.90 Å². The minimum Gasteiger partial charge on any atom is -0.481 e. The largest absolute Gasteiger partial charge is 0.481 e. The number of hydrogen-bond donors (Lipinski definition) is 3. The van der Waals surface area contributed by atoms with Gasteiger partial charge in [0.25, 0.3) is 0 Å². The number of anilines is 2. The standard InChI is InChI=1S/C11H12N2O2S2/c1-16-13-7-2-3-9-10(4-7)17-6-8(12-9)5-11(14)15/h2-4,6,12-13H,5H2,1H3,(H,14,15). The number of fused-ring (bicyclic) bond motifs is 1. The predicted octanol–water partition coefficient (Wildman–Crippen LogP) is 3.21. The number of thioether (sulfide) groups is 1. The molecule has 0 atom stereocenters. The van der Waals surface area contributed by atoms with Crippen LogP contribution in [0.15, 0.2) is 34.2 Å². The number of hydrogen-bond acceptors (Lipinski definition) is 5. The van der Waals surface area contributed by atoms with Crippen molar-refractivity contribution in [3.8, 4) is 0 Å². The normalized spacial score (nSPS) is 13.4. The zero-order chi connectivity index (χ0) is 12.3. The van der Waals surface area contributed by atoms with Crippen LogP contribution in [-0.2, 0) is 4.79 Å². The van der Waals surface area contributed by atoms with Gasteiger partial charge in [-0.1, -0.05) is 23.7 Å². The molecule has 90 valence electrons. The third-order valence-electron chi connectivity index (χ3n) is 2.17. The number of benzene rings is 1. The molecular weight excluding hydrogens is 256 g/mol. The van der Waals surface area contributed by atoms with Gasteiger partial charge in [-0.3, -0.25) is 4.79 Å². The Morgan fingerprint density at radius 2 is 2.41 bits per heavy atom. The second-order valence-corrected chi connectivity index (χ2v) is 5.00. The van der Waals surface area contributed by atoms with Gasteiger partial charge in [0, 0.05) is 22.5 Å². The smallest absolute Gasteiger partial charge is 0.309 e. The molecule has 0 saturated heterocycles. The molecule has 0 saturated carbocycles. The average Bonchev–Trinajstić information content (AvgIpc) is 2.29. The molecule has 6 heteroatoms. The summed E-state index contributed by atoms with van der Waals surface area (Å²) >= 11 is 3.08. The van der Waals surface area contributed by atoms with Crippen molar-refractivity contribution in [1.82, 2.24) is 0 Å². The quantitative estimate of drug-likeness (QED) is 0.729. The molecule has 1 aromatic rings. The molecule has 4 nitrogen and oxygen atoms in total. The lowest BCUT2D eigenvalue weighted by atomic mass is 10.2. The van der Waals surface area contributed by atoms with Crippen molar-refractivity contribution in [2.75, 3.05) is 16.3 Å². The van der Waals surface area contributed by atoms with Crippen LogP contribution in [-0.4, -0.2) is 17.3 Å². The fourth-order valence-electron chi connectivity index (χ4n) is 1.49. The summed E-state index contributed by atoms with van der Waals surface area (Å²) in [5.41, 5.74) is 2.72. The fourth-order valence-corrected chi connectivity index (χ4v) is 2.71. The topological polar surface area (TPSA) is 61.4 Å². The highest BCUT2D eigenvalue weighted by molar-refractivity contribution is 8.02. The highest BCUT2D eigenvalue weighted by Crippen LogP contribution is 2.37. The lowest BCUT2D eigenvalue weighted by molar-refractivity contribution is -0.136. The summed E-state index contributed by atoms with van der Waals surface area (Å²) < 4.78 is 3.16. The maximum Gasteiger partial charge on any atom is 0.309 e. The molecular formula is C11H12N2O2S2. The third-order valence-corrected chi connectivity index (χ3v) is 3.60. The molecule has 0 amide bonds. The monoisotopic (exact) mass is 268 g/mol. The van der Waals surface area contributed by atoms with E-state index in [-0.39, 0.29) is 6.42 Å². The Morgan fingerprint density at radius 3 is 3.12 bits per heavy atom. The van der Waals surface area contributed by atoms with E-state index in [9.17, 15) is 4.79 Å². The number of carbonyl (C=O) groups is 1. The lowest BCUT2D eigenvalue weighted by Gasteiger charge is -2.18. The van der Waals surface area contributed by atoms with Crippen LogP contribution in [0.4, 0.5) is 11.4 Å². The highest BCUT2D eigenvalue weighted by Gasteiger charge is 2.13. The van der Waals surface area contributed by atoms with E-state index in [1.165, 1.54) is 0 Å². The molecule has 0 aromatic heterocycles. The number of nitrogens with one attached hydrogen (secondary N) is 2. The van der Waals surface area contributed by atoms with Gasteiger partial charge in [0.05, 0.1) is 12.1 Å². The molecule has 0 bridgehead atoms. The Hall–Kier alpha value is -1.27. The molecule has 3 N–H and O–H groups in total. The van der Waals surface area contributed by atoms with Gasteiger partial charge in [-0.25, -0.2) is 0 Å². The Balaban J connectivity index is 2.14. The summed E-state index contributed by atoms with van der Waals surface area (Å²) in [6.07, 6.45) is 1.99. The van der Waals surface area contributed by atoms with Gasteiger partial charge in [0.2, 0.25) is 0 Å². The minimum absolute atomic E-state index is 0.0251. The van der Waals surface area contributed by atoms with Gasteiger partial charge >= 0.3 is 5.97 Å². The number of carboxylic acid groups (broad SMARTS) is 1. The average molecular weight is 268 g/mol.